The van der Waals surface area contributed by atoms with Crippen molar-refractivity contribution in [3.63, 3.8) is 0 Å². The molecule has 276 valence electrons. The van der Waals surface area contributed by atoms with E-state index in [0.29, 0.717) is 47.0 Å². The maximum absolute atomic E-state index is 14.5. The lowest BCUT2D eigenvalue weighted by Gasteiger charge is -2.62. The van der Waals surface area contributed by atoms with Gasteiger partial charge in [0, 0.05) is 34.7 Å². The highest BCUT2D eigenvalue weighted by atomic mass is 16.7. The number of benzene rings is 2. The van der Waals surface area contributed by atoms with Crippen LogP contribution in [0, 0.1) is 17.8 Å². The molecule has 8 atom stereocenters. The minimum absolute atomic E-state index is 0.0118. The van der Waals surface area contributed by atoms with Gasteiger partial charge in [-0.05, 0) is 104 Å². The summed E-state index contributed by atoms with van der Waals surface area (Å²) in [6, 6.07) is 6.03. The number of fused-ring (bicyclic) bond motifs is 6. The number of ether oxygens (including phenoxy) is 2. The first-order valence-electron chi connectivity index (χ1n) is 18.7. The molecule has 4 aliphatic carbocycles. The van der Waals surface area contributed by atoms with Crippen molar-refractivity contribution in [2.45, 2.75) is 107 Å². The molecule has 1 saturated heterocycles. The first-order valence-corrected chi connectivity index (χ1v) is 18.7. The molecule has 0 unspecified atom stereocenters. The minimum Gasteiger partial charge on any atom is -0.507 e. The zero-order chi connectivity index (χ0) is 36.8. The maximum Gasteiger partial charge on any atom is 0.260 e. The van der Waals surface area contributed by atoms with Crippen LogP contribution >= 0.6 is 0 Å². The van der Waals surface area contributed by atoms with Gasteiger partial charge in [0.15, 0.2) is 17.5 Å². The number of rotatable bonds is 0. The van der Waals surface area contributed by atoms with E-state index in [2.05, 4.69) is 10.3 Å². The Kier molecular flexibility index (Phi) is 6.91. The average molecular weight is 723 g/mol. The quantitative estimate of drug-likeness (QED) is 0.140. The van der Waals surface area contributed by atoms with Crippen molar-refractivity contribution in [1.82, 2.24) is 4.98 Å². The second-order valence-corrected chi connectivity index (χ2v) is 16.8. The predicted molar refractivity (Wildman–Crippen MR) is 190 cm³/mol. The highest BCUT2D eigenvalue weighted by molar-refractivity contribution is 6.34. The fraction of sp³-hybridized carbons (Fsp3) is 0.488. The number of aromatic nitrogens is 1. The molecule has 0 amide bonds. The lowest BCUT2D eigenvalue weighted by Crippen LogP contribution is -2.78. The zero-order valence-corrected chi connectivity index (χ0v) is 29.3. The van der Waals surface area contributed by atoms with Crippen LogP contribution in [-0.4, -0.2) is 95.6 Å². The number of anilines is 1. The Morgan fingerprint density at radius 3 is 2.49 bits per heavy atom. The Bertz CT molecular complexity index is 2230. The molecule has 7 N–H and O–H groups in total. The van der Waals surface area contributed by atoms with Crippen molar-refractivity contribution in [2.75, 3.05) is 11.9 Å². The number of aliphatic hydroxyl groups excluding tert-OH is 5. The number of phenolic OH excluding ortho intramolecular Hbond substituents is 1. The van der Waals surface area contributed by atoms with Gasteiger partial charge in [-0.25, -0.2) is 4.98 Å². The van der Waals surface area contributed by atoms with Crippen LogP contribution in [0.3, 0.4) is 0 Å². The average Bonchev–Trinajstić information content (AvgIpc) is 3.75. The second-order valence-electron chi connectivity index (χ2n) is 16.8. The van der Waals surface area contributed by atoms with Crippen molar-refractivity contribution >= 4 is 28.2 Å². The summed E-state index contributed by atoms with van der Waals surface area (Å²) >= 11 is 0. The van der Waals surface area contributed by atoms with Crippen LogP contribution in [0.4, 0.5) is 5.82 Å². The lowest BCUT2D eigenvalue weighted by molar-refractivity contribution is -0.367. The number of ketones is 2. The van der Waals surface area contributed by atoms with E-state index in [0.717, 1.165) is 37.7 Å². The summed E-state index contributed by atoms with van der Waals surface area (Å²) in [5.74, 6) is -3.78. The number of nitrogens with zero attached hydrogens (tertiary/aromatic N) is 1. The number of hydrogen-bond acceptors (Lipinski definition) is 12. The van der Waals surface area contributed by atoms with E-state index in [1.807, 2.05) is 0 Å². The van der Waals surface area contributed by atoms with E-state index in [9.17, 15) is 40.2 Å². The predicted octanol–water partition coefficient (Wildman–Crippen LogP) is 3.49. The van der Waals surface area contributed by atoms with Crippen molar-refractivity contribution in [3.8, 4) is 11.5 Å². The van der Waals surface area contributed by atoms with Gasteiger partial charge in [-0.1, -0.05) is 24.5 Å². The Hall–Kier alpha value is -4.17. The molecule has 11 rings (SSSR count). The van der Waals surface area contributed by atoms with Crippen molar-refractivity contribution in [3.05, 3.63) is 81.6 Å². The molecule has 4 spiro atoms. The molecule has 1 aromatic heterocycles. The summed E-state index contributed by atoms with van der Waals surface area (Å²) in [7, 11) is 0. The number of phenols is 1. The van der Waals surface area contributed by atoms with Crippen molar-refractivity contribution in [1.29, 1.82) is 0 Å². The molecule has 2 saturated carbocycles. The number of pyridine rings is 1. The van der Waals surface area contributed by atoms with Gasteiger partial charge in [0.1, 0.15) is 29.5 Å². The number of aromatic hydroxyl groups is 1. The Labute approximate surface area is 304 Å². The van der Waals surface area contributed by atoms with Gasteiger partial charge in [-0.2, -0.15) is 0 Å². The summed E-state index contributed by atoms with van der Waals surface area (Å²) < 4.78 is 13.5. The van der Waals surface area contributed by atoms with Gasteiger partial charge in [0.25, 0.3) is 5.79 Å². The van der Waals surface area contributed by atoms with Crippen LogP contribution in [0.5, 0.6) is 11.5 Å². The normalized spacial score (nSPS) is 36.5. The van der Waals surface area contributed by atoms with E-state index >= 15 is 0 Å². The molecule has 3 fully saturated rings. The molecule has 6 bridgehead atoms. The van der Waals surface area contributed by atoms with Crippen LogP contribution in [0.15, 0.2) is 53.8 Å². The largest absolute Gasteiger partial charge is 0.507 e. The third-order valence-corrected chi connectivity index (χ3v) is 13.7. The molecular formula is C41H42N2O10. The zero-order valence-electron chi connectivity index (χ0n) is 29.3. The van der Waals surface area contributed by atoms with Crippen LogP contribution in [0.2, 0.25) is 0 Å². The van der Waals surface area contributed by atoms with E-state index in [1.165, 1.54) is 24.4 Å². The SMILES string of the molecule is Cc1cc(O)c2c(c1)C(=O)c1c(c3cc4c(nccc14)NC[C@H](O)CC1=C4C=C[C@@]5(O3)O[C@]4([C@H](O)[C@@]3(CCC4(CCCC4)C3)C1)[C@@H](O)[C@H](O)[C@H]5O)C2=O. The molecule has 12 heteroatoms. The second kappa shape index (κ2) is 11.0. The standard InChI is InChI=1S/C41H42N2O10/c1-19-12-24-28(26(45)13-19)32(47)30-27-15-23-22(29(30)31(24)46)5-11-42-36(23)43-17-21(44)14-20-16-39(10-9-38(18-39)6-2-3-7-38)37(51)41-25(20)4-8-40(52-27,53-41)34(49)33(48)35(41)50/h4-5,8,11-13,15,21,33-35,37,44-45,48-51H,2-3,6-7,9-10,14,16-18H2,1H3,(H,42,43)/t21-,33-,34-,35+,37-,39+,40-,41+/m1/s1. The number of aliphatic hydroxyl groups is 5. The van der Waals surface area contributed by atoms with Gasteiger partial charge >= 0.3 is 0 Å². The molecule has 5 heterocycles. The van der Waals surface area contributed by atoms with Gasteiger partial charge in [-0.15, -0.1) is 0 Å². The summed E-state index contributed by atoms with van der Waals surface area (Å²) in [6.45, 7) is 1.75. The van der Waals surface area contributed by atoms with E-state index in [1.54, 1.807) is 25.1 Å². The number of nitrogens with one attached hydrogen (secondary N) is 1. The fourth-order valence-electron chi connectivity index (χ4n) is 11.4. The first-order chi connectivity index (χ1) is 25.3. The number of hydrogen-bond donors (Lipinski definition) is 7. The summed E-state index contributed by atoms with van der Waals surface area (Å²) in [4.78, 5) is 33.5. The summed E-state index contributed by atoms with van der Waals surface area (Å²) in [6.07, 6.45) is 3.78. The topological polar surface area (TPSA) is 199 Å². The fourth-order valence-corrected chi connectivity index (χ4v) is 11.4. The highest BCUT2D eigenvalue weighted by Gasteiger charge is 2.72. The first kappa shape index (κ1) is 33.4. The Morgan fingerprint density at radius 1 is 0.906 bits per heavy atom. The number of aryl methyl sites for hydroxylation is 1. The van der Waals surface area contributed by atoms with Crippen molar-refractivity contribution in [2.24, 2.45) is 10.8 Å². The van der Waals surface area contributed by atoms with Gasteiger partial charge in [-0.3, -0.25) is 9.59 Å². The van der Waals surface area contributed by atoms with E-state index in [4.69, 9.17) is 9.47 Å². The molecule has 8 aliphatic rings. The minimum atomic E-state index is -2.27. The third kappa shape index (κ3) is 4.30. The molecule has 12 nitrogen and oxygen atoms in total. The molecule has 0 radical (unpaired) electrons. The van der Waals surface area contributed by atoms with E-state index < -0.39 is 58.9 Å². The molecule has 2 aromatic carbocycles. The van der Waals surface area contributed by atoms with Gasteiger partial charge < -0.3 is 45.4 Å². The van der Waals surface area contributed by atoms with Crippen LogP contribution in [0.1, 0.15) is 95.2 Å². The van der Waals surface area contributed by atoms with Crippen LogP contribution in [0.25, 0.3) is 10.8 Å². The number of carbonyl (C=O) groups is 2. The van der Waals surface area contributed by atoms with Crippen LogP contribution in [-0.2, 0) is 4.74 Å². The molecular weight excluding hydrogens is 680 g/mol. The smallest absolute Gasteiger partial charge is 0.260 e. The highest BCUT2D eigenvalue weighted by Crippen LogP contribution is 2.67. The number of carbonyl (C=O) groups excluding carboxylic acids is 2. The summed E-state index contributed by atoms with van der Waals surface area (Å²) in [5.41, 5.74) is -1.32. The maximum atomic E-state index is 14.5. The monoisotopic (exact) mass is 722 g/mol. The van der Waals surface area contributed by atoms with E-state index in [-0.39, 0.29) is 52.1 Å². The molecule has 3 aromatic rings. The molecule has 4 aliphatic heterocycles. The van der Waals surface area contributed by atoms with Crippen LogP contribution < -0.4 is 10.1 Å². The van der Waals surface area contributed by atoms with Gasteiger partial charge in [0.2, 0.25) is 5.78 Å². The van der Waals surface area contributed by atoms with Crippen molar-refractivity contribution < 1.29 is 49.7 Å². The third-order valence-electron chi connectivity index (χ3n) is 13.7. The summed E-state index contributed by atoms with van der Waals surface area (Å²) in [5, 5.41) is 75.0. The molecule has 53 heavy (non-hydrogen) atoms. The Morgan fingerprint density at radius 2 is 1.70 bits per heavy atom. The lowest BCUT2D eigenvalue weighted by atomic mass is 9.56. The Balaban J connectivity index is 1.22. The van der Waals surface area contributed by atoms with Gasteiger partial charge in [0.05, 0.1) is 23.3 Å².